The van der Waals surface area contributed by atoms with Crippen LogP contribution in [0.15, 0.2) is 29.4 Å². The van der Waals surface area contributed by atoms with Gasteiger partial charge in [-0.05, 0) is 25.0 Å². The van der Waals surface area contributed by atoms with Crippen molar-refractivity contribution in [3.05, 3.63) is 35.1 Å². The molecule has 130 valence electrons. The summed E-state index contributed by atoms with van der Waals surface area (Å²) in [5.74, 6) is 1.09. The molecule has 2 aromatic rings. The molecule has 24 heavy (non-hydrogen) atoms. The fourth-order valence-corrected chi connectivity index (χ4v) is 3.32. The zero-order chi connectivity index (χ0) is 17.5. The Labute approximate surface area is 150 Å². The number of hydrogen-bond acceptors (Lipinski definition) is 5. The van der Waals surface area contributed by atoms with E-state index >= 15 is 0 Å². The molecule has 1 heterocycles. The summed E-state index contributed by atoms with van der Waals surface area (Å²) in [4.78, 5) is 11.1. The third kappa shape index (κ3) is 4.64. The number of benzene rings is 1. The smallest absolute Gasteiger partial charge is 0.227 e. The molecule has 2 N–H and O–H groups in total. The predicted molar refractivity (Wildman–Crippen MR) is 95.3 cm³/mol. The number of nitrogens with zero attached hydrogens (tertiary/aromatic N) is 3. The van der Waals surface area contributed by atoms with E-state index in [1.165, 1.54) is 11.8 Å². The average Bonchev–Trinajstić information content (AvgIpc) is 2.96. The van der Waals surface area contributed by atoms with Gasteiger partial charge in [0.15, 0.2) is 11.0 Å². The topological polar surface area (TPSA) is 83.0 Å². The summed E-state index contributed by atoms with van der Waals surface area (Å²) < 4.78 is 7.82. The molecule has 0 saturated heterocycles. The summed E-state index contributed by atoms with van der Waals surface area (Å²) in [6.45, 7) is 4.47. The second kappa shape index (κ2) is 8.94. The molecule has 6 nitrogen and oxygen atoms in total. The second-order valence-electron chi connectivity index (χ2n) is 5.21. The Hall–Kier alpha value is -1.73. The van der Waals surface area contributed by atoms with Gasteiger partial charge >= 0.3 is 0 Å². The second-order valence-corrected chi connectivity index (χ2v) is 6.56. The minimum absolute atomic E-state index is 0.170. The van der Waals surface area contributed by atoms with Crippen molar-refractivity contribution in [2.75, 3.05) is 5.75 Å². The van der Waals surface area contributed by atoms with E-state index < -0.39 is 0 Å². The number of ether oxygens (including phenoxy) is 1. The van der Waals surface area contributed by atoms with Gasteiger partial charge < -0.3 is 15.0 Å². The molecule has 8 heteroatoms. The maximum absolute atomic E-state index is 11.1. The monoisotopic (exact) mass is 368 g/mol. The number of primary amides is 1. The maximum atomic E-state index is 11.1. The van der Waals surface area contributed by atoms with Crippen molar-refractivity contribution in [2.24, 2.45) is 5.73 Å². The van der Waals surface area contributed by atoms with Gasteiger partial charge in [0.1, 0.15) is 12.4 Å². The van der Waals surface area contributed by atoms with Crippen molar-refractivity contribution in [1.82, 2.24) is 14.8 Å². The van der Waals surface area contributed by atoms with E-state index in [1.807, 2.05) is 22.8 Å². The number of halogens is 1. The highest BCUT2D eigenvalue weighted by molar-refractivity contribution is 7.99. The number of nitrogens with two attached hydrogens (primary N) is 1. The zero-order valence-electron chi connectivity index (χ0n) is 13.7. The van der Waals surface area contributed by atoms with Gasteiger partial charge in [-0.25, -0.2) is 0 Å². The highest BCUT2D eigenvalue weighted by Crippen LogP contribution is 2.28. The Bertz CT molecular complexity index is 688. The highest BCUT2D eigenvalue weighted by atomic mass is 35.5. The van der Waals surface area contributed by atoms with E-state index in [1.54, 1.807) is 6.07 Å². The van der Waals surface area contributed by atoms with Crippen LogP contribution in [0.4, 0.5) is 0 Å². The standard InChI is InChI=1S/C16H21ClN4O2S/c1-3-11(4-2)21-15(19-20-16(21)24-10-14(18)22)9-23-13-8-6-5-7-12(13)17/h5-8,11H,3-4,9-10H2,1-2H3,(H2,18,22). The van der Waals surface area contributed by atoms with Gasteiger partial charge in [0, 0.05) is 6.04 Å². The average molecular weight is 369 g/mol. The van der Waals surface area contributed by atoms with E-state index in [2.05, 4.69) is 24.0 Å². The first kappa shape index (κ1) is 18.6. The summed E-state index contributed by atoms with van der Waals surface area (Å²) >= 11 is 7.41. The summed E-state index contributed by atoms with van der Waals surface area (Å²) in [6.07, 6.45) is 1.86. The fraction of sp³-hybridized carbons (Fsp3) is 0.438. The number of carbonyl (C=O) groups is 1. The molecule has 0 saturated carbocycles. The highest BCUT2D eigenvalue weighted by Gasteiger charge is 2.20. The van der Waals surface area contributed by atoms with Crippen molar-refractivity contribution in [3.63, 3.8) is 0 Å². The number of para-hydroxylation sites is 1. The molecule has 1 aromatic carbocycles. The molecular formula is C16H21ClN4O2S. The minimum Gasteiger partial charge on any atom is -0.484 e. The lowest BCUT2D eigenvalue weighted by Crippen LogP contribution is -2.16. The van der Waals surface area contributed by atoms with Crippen LogP contribution in [0.25, 0.3) is 0 Å². The minimum atomic E-state index is -0.382. The van der Waals surface area contributed by atoms with Crippen LogP contribution in [-0.2, 0) is 11.4 Å². The first-order chi connectivity index (χ1) is 11.6. The summed E-state index contributed by atoms with van der Waals surface area (Å²) in [5, 5.41) is 9.65. The summed E-state index contributed by atoms with van der Waals surface area (Å²) in [6, 6.07) is 7.53. The van der Waals surface area contributed by atoms with Crippen LogP contribution in [0.5, 0.6) is 5.75 Å². The van der Waals surface area contributed by atoms with E-state index in [4.69, 9.17) is 22.1 Å². The summed E-state index contributed by atoms with van der Waals surface area (Å²) in [5.41, 5.74) is 5.23. The molecule has 0 bridgehead atoms. The third-order valence-corrected chi connectivity index (χ3v) is 4.86. The predicted octanol–water partition coefficient (Wildman–Crippen LogP) is 3.45. The Morgan fingerprint density at radius 2 is 2.04 bits per heavy atom. The molecule has 0 unspecified atom stereocenters. The van der Waals surface area contributed by atoms with Crippen LogP contribution in [0.3, 0.4) is 0 Å². The van der Waals surface area contributed by atoms with Crippen LogP contribution >= 0.6 is 23.4 Å². The molecule has 0 radical (unpaired) electrons. The first-order valence-corrected chi connectivity index (χ1v) is 9.15. The van der Waals surface area contributed by atoms with Crippen LogP contribution in [-0.4, -0.2) is 26.4 Å². The van der Waals surface area contributed by atoms with E-state index in [0.717, 1.165) is 12.8 Å². The lowest BCUT2D eigenvalue weighted by Gasteiger charge is -2.19. The molecule has 0 fully saturated rings. The molecule has 1 aromatic heterocycles. The summed E-state index contributed by atoms with van der Waals surface area (Å²) in [7, 11) is 0. The van der Waals surface area contributed by atoms with Gasteiger partial charge in [-0.1, -0.05) is 49.3 Å². The normalized spacial score (nSPS) is 11.0. The quantitative estimate of drug-likeness (QED) is 0.685. The van der Waals surface area contributed by atoms with Gasteiger partial charge in [-0.15, -0.1) is 10.2 Å². The molecule has 1 amide bonds. The van der Waals surface area contributed by atoms with E-state index in [-0.39, 0.29) is 24.3 Å². The van der Waals surface area contributed by atoms with Gasteiger partial charge in [0.05, 0.1) is 10.8 Å². The first-order valence-electron chi connectivity index (χ1n) is 7.79. The van der Waals surface area contributed by atoms with Crippen LogP contribution in [0.2, 0.25) is 5.02 Å². The third-order valence-electron chi connectivity index (χ3n) is 3.58. The Kier molecular flexibility index (Phi) is 6.93. The molecular weight excluding hydrogens is 348 g/mol. The number of thioether (sulfide) groups is 1. The molecule has 0 aliphatic rings. The van der Waals surface area contributed by atoms with Gasteiger partial charge in [0.25, 0.3) is 0 Å². The molecule has 0 spiro atoms. The maximum Gasteiger partial charge on any atom is 0.227 e. The SMILES string of the molecule is CCC(CC)n1c(COc2ccccc2Cl)nnc1SCC(N)=O. The van der Waals surface area contributed by atoms with Crippen molar-refractivity contribution >= 4 is 29.3 Å². The number of rotatable bonds is 9. The Morgan fingerprint density at radius 1 is 1.33 bits per heavy atom. The van der Waals surface area contributed by atoms with Gasteiger partial charge in [-0.2, -0.15) is 0 Å². The largest absolute Gasteiger partial charge is 0.484 e. The number of hydrogen-bond donors (Lipinski definition) is 1. The zero-order valence-corrected chi connectivity index (χ0v) is 15.3. The van der Waals surface area contributed by atoms with Gasteiger partial charge in [0.2, 0.25) is 5.91 Å². The number of aromatic nitrogens is 3. The Morgan fingerprint density at radius 3 is 2.67 bits per heavy atom. The molecule has 2 rings (SSSR count). The van der Waals surface area contributed by atoms with Crippen LogP contribution < -0.4 is 10.5 Å². The lowest BCUT2D eigenvalue weighted by atomic mass is 10.2. The number of amides is 1. The number of carbonyl (C=O) groups excluding carboxylic acids is 1. The van der Waals surface area contributed by atoms with Crippen molar-refractivity contribution in [3.8, 4) is 5.75 Å². The van der Waals surface area contributed by atoms with Gasteiger partial charge in [-0.3, -0.25) is 4.79 Å². The van der Waals surface area contributed by atoms with Crippen LogP contribution in [0.1, 0.15) is 38.6 Å². The Balaban J connectivity index is 2.21. The van der Waals surface area contributed by atoms with E-state index in [0.29, 0.717) is 21.8 Å². The fourth-order valence-electron chi connectivity index (χ4n) is 2.36. The lowest BCUT2D eigenvalue weighted by molar-refractivity contribution is -0.115. The van der Waals surface area contributed by atoms with Crippen molar-refractivity contribution < 1.29 is 9.53 Å². The van der Waals surface area contributed by atoms with Crippen LogP contribution in [0, 0.1) is 0 Å². The van der Waals surface area contributed by atoms with E-state index in [9.17, 15) is 4.79 Å². The molecule has 0 atom stereocenters. The van der Waals surface area contributed by atoms with Crippen molar-refractivity contribution in [2.45, 2.75) is 44.5 Å². The molecule has 0 aliphatic carbocycles. The molecule has 0 aliphatic heterocycles. The van der Waals surface area contributed by atoms with Crippen molar-refractivity contribution in [1.29, 1.82) is 0 Å².